The van der Waals surface area contributed by atoms with Gasteiger partial charge in [0.05, 0.1) is 12.7 Å². The van der Waals surface area contributed by atoms with Gasteiger partial charge in [0.2, 0.25) is 0 Å². The monoisotopic (exact) mass is 216 g/mol. The lowest BCUT2D eigenvalue weighted by molar-refractivity contribution is 0.322. The first-order chi connectivity index (χ1) is 6.74. The van der Waals surface area contributed by atoms with Crippen molar-refractivity contribution in [3.8, 4) is 6.07 Å². The number of hydrogen-bond donors (Lipinski definition) is 2. The van der Waals surface area contributed by atoms with E-state index in [1.807, 2.05) is 14.0 Å². The molecule has 0 saturated carbocycles. The van der Waals surface area contributed by atoms with Gasteiger partial charge in [-0.05, 0) is 32.1 Å². The Morgan fingerprint density at radius 1 is 1.50 bits per heavy atom. The quantitative estimate of drug-likeness (QED) is 0.602. The third kappa shape index (κ3) is 4.85. The van der Waals surface area contributed by atoms with Gasteiger partial charge in [-0.15, -0.1) is 0 Å². The molecule has 0 aliphatic carbocycles. The Morgan fingerprint density at radius 3 is 2.64 bits per heavy atom. The van der Waals surface area contributed by atoms with Crippen LogP contribution in [0.15, 0.2) is 0 Å². The third-order valence-electron chi connectivity index (χ3n) is 2.42. The fourth-order valence-corrected chi connectivity index (χ4v) is 1.99. The molecule has 0 aromatic rings. The first kappa shape index (κ1) is 13.8. The number of hydrogen-bond acceptors (Lipinski definition) is 4. The zero-order chi connectivity index (χ0) is 10.9. The molecule has 3 nitrogen and oxygen atoms in total. The highest BCUT2D eigenvalue weighted by atomic mass is 32.2. The molecule has 14 heavy (non-hydrogen) atoms. The Kier molecular flexibility index (Phi) is 7.96. The lowest BCUT2D eigenvalue weighted by atomic mass is 9.93. The van der Waals surface area contributed by atoms with Gasteiger partial charge < -0.3 is 10.4 Å². The molecule has 0 spiro atoms. The maximum Gasteiger partial charge on any atom is 0.106 e. The van der Waals surface area contributed by atoms with Crippen molar-refractivity contribution in [1.29, 1.82) is 5.26 Å². The van der Waals surface area contributed by atoms with Crippen LogP contribution in [0.4, 0.5) is 0 Å². The molecule has 82 valence electrons. The highest BCUT2D eigenvalue weighted by Crippen LogP contribution is 2.17. The Bertz CT molecular complexity index is 175. The van der Waals surface area contributed by atoms with Crippen LogP contribution in [0.3, 0.4) is 0 Å². The summed E-state index contributed by atoms with van der Waals surface area (Å²) >= 11 is 1.74. The summed E-state index contributed by atoms with van der Waals surface area (Å²) in [7, 11) is 1.84. The first-order valence-corrected chi connectivity index (χ1v) is 6.19. The van der Waals surface area contributed by atoms with Gasteiger partial charge in [0.15, 0.2) is 0 Å². The molecule has 0 aromatic carbocycles. The molecule has 0 saturated heterocycles. The van der Waals surface area contributed by atoms with E-state index >= 15 is 0 Å². The van der Waals surface area contributed by atoms with Crippen LogP contribution < -0.4 is 5.32 Å². The summed E-state index contributed by atoms with van der Waals surface area (Å²) in [6.07, 6.45) is 2.74. The van der Waals surface area contributed by atoms with Crippen molar-refractivity contribution in [1.82, 2.24) is 5.32 Å². The van der Waals surface area contributed by atoms with E-state index in [4.69, 9.17) is 10.4 Å². The fourth-order valence-electron chi connectivity index (χ4n) is 1.31. The summed E-state index contributed by atoms with van der Waals surface area (Å²) in [6, 6.07) is 2.34. The molecular formula is C10H20N2OS. The second kappa shape index (κ2) is 8.10. The maximum absolute atomic E-state index is 9.02. The van der Waals surface area contributed by atoms with Crippen LogP contribution in [0.1, 0.15) is 26.2 Å². The lowest BCUT2D eigenvalue weighted by Gasteiger charge is -2.24. The SMILES string of the molecule is CCC(C#N)(CCCSCCO)NC. The molecule has 0 aromatic heterocycles. The van der Waals surface area contributed by atoms with Crippen molar-refractivity contribution in [2.24, 2.45) is 0 Å². The predicted octanol–water partition coefficient (Wildman–Crippen LogP) is 1.38. The zero-order valence-electron chi connectivity index (χ0n) is 9.05. The van der Waals surface area contributed by atoms with E-state index in [2.05, 4.69) is 11.4 Å². The molecular weight excluding hydrogens is 196 g/mol. The molecule has 1 atom stereocenters. The minimum Gasteiger partial charge on any atom is -0.396 e. The van der Waals surface area contributed by atoms with E-state index in [1.54, 1.807) is 11.8 Å². The summed E-state index contributed by atoms with van der Waals surface area (Å²) in [6.45, 7) is 2.27. The van der Waals surface area contributed by atoms with Crippen molar-refractivity contribution in [2.75, 3.05) is 25.2 Å². The molecule has 0 radical (unpaired) electrons. The third-order valence-corrected chi connectivity index (χ3v) is 3.47. The Hall–Kier alpha value is -0.240. The number of nitrogens with zero attached hydrogens (tertiary/aromatic N) is 1. The summed E-state index contributed by atoms with van der Waals surface area (Å²) in [4.78, 5) is 0. The van der Waals surface area contributed by atoms with Crippen molar-refractivity contribution in [3.05, 3.63) is 0 Å². The average molecular weight is 216 g/mol. The summed E-state index contributed by atoms with van der Waals surface area (Å²) in [5.41, 5.74) is -0.347. The fraction of sp³-hybridized carbons (Fsp3) is 0.900. The summed E-state index contributed by atoms with van der Waals surface area (Å²) in [5.74, 6) is 1.82. The highest BCUT2D eigenvalue weighted by Gasteiger charge is 2.24. The molecule has 0 heterocycles. The van der Waals surface area contributed by atoms with Crippen molar-refractivity contribution in [2.45, 2.75) is 31.7 Å². The number of nitrogens with one attached hydrogen (secondary N) is 1. The van der Waals surface area contributed by atoms with Crippen LogP contribution in [0.5, 0.6) is 0 Å². The summed E-state index contributed by atoms with van der Waals surface area (Å²) < 4.78 is 0. The van der Waals surface area contributed by atoms with Crippen molar-refractivity contribution < 1.29 is 5.11 Å². The average Bonchev–Trinajstić information content (AvgIpc) is 2.24. The van der Waals surface area contributed by atoms with Gasteiger partial charge in [-0.3, -0.25) is 0 Å². The van der Waals surface area contributed by atoms with E-state index in [0.29, 0.717) is 0 Å². The van der Waals surface area contributed by atoms with Gasteiger partial charge in [0.1, 0.15) is 5.54 Å². The second-order valence-electron chi connectivity index (χ2n) is 3.24. The van der Waals surface area contributed by atoms with Crippen molar-refractivity contribution >= 4 is 11.8 Å². The van der Waals surface area contributed by atoms with E-state index in [9.17, 15) is 0 Å². The van der Waals surface area contributed by atoms with Gasteiger partial charge in [0.25, 0.3) is 0 Å². The van der Waals surface area contributed by atoms with Gasteiger partial charge in [-0.2, -0.15) is 17.0 Å². The molecule has 0 bridgehead atoms. The van der Waals surface area contributed by atoms with E-state index < -0.39 is 0 Å². The number of aliphatic hydroxyl groups is 1. The van der Waals surface area contributed by atoms with Gasteiger partial charge >= 0.3 is 0 Å². The smallest absolute Gasteiger partial charge is 0.106 e. The van der Waals surface area contributed by atoms with E-state index in [-0.39, 0.29) is 12.1 Å². The van der Waals surface area contributed by atoms with Crippen LogP contribution in [0.25, 0.3) is 0 Å². The van der Waals surface area contributed by atoms with Crippen molar-refractivity contribution in [3.63, 3.8) is 0 Å². The standard InChI is InChI=1S/C10H20N2OS/c1-3-10(9-11,12-2)5-4-7-14-8-6-13/h12-13H,3-8H2,1-2H3. The van der Waals surface area contributed by atoms with E-state index in [0.717, 1.165) is 30.8 Å². The van der Waals surface area contributed by atoms with Crippen LogP contribution >= 0.6 is 11.8 Å². The Balaban J connectivity index is 3.68. The largest absolute Gasteiger partial charge is 0.396 e. The first-order valence-electron chi connectivity index (χ1n) is 5.03. The van der Waals surface area contributed by atoms with Crippen LogP contribution in [-0.4, -0.2) is 35.8 Å². The Morgan fingerprint density at radius 2 is 2.21 bits per heavy atom. The molecule has 1 unspecified atom stereocenters. The molecule has 4 heteroatoms. The number of nitriles is 1. The van der Waals surface area contributed by atoms with E-state index in [1.165, 1.54) is 0 Å². The van der Waals surface area contributed by atoms with Crippen LogP contribution in [0.2, 0.25) is 0 Å². The molecule has 0 rings (SSSR count). The highest BCUT2D eigenvalue weighted by molar-refractivity contribution is 7.99. The van der Waals surface area contributed by atoms with Crippen LogP contribution in [-0.2, 0) is 0 Å². The molecule has 0 aliphatic rings. The molecule has 0 amide bonds. The minimum absolute atomic E-state index is 0.244. The van der Waals surface area contributed by atoms with Gasteiger partial charge in [-0.25, -0.2) is 0 Å². The zero-order valence-corrected chi connectivity index (χ0v) is 9.86. The molecule has 0 aliphatic heterocycles. The minimum atomic E-state index is -0.347. The normalized spacial score (nSPS) is 14.7. The van der Waals surface area contributed by atoms with Gasteiger partial charge in [-0.1, -0.05) is 6.92 Å². The molecule has 2 N–H and O–H groups in total. The topological polar surface area (TPSA) is 56.0 Å². The Labute approximate surface area is 90.9 Å². The number of thioether (sulfide) groups is 1. The predicted molar refractivity (Wildman–Crippen MR) is 61.3 cm³/mol. The van der Waals surface area contributed by atoms with Crippen LogP contribution in [0, 0.1) is 11.3 Å². The lowest BCUT2D eigenvalue weighted by Crippen LogP contribution is -2.40. The second-order valence-corrected chi connectivity index (χ2v) is 4.46. The number of aliphatic hydroxyl groups excluding tert-OH is 1. The maximum atomic E-state index is 9.02. The number of rotatable bonds is 8. The van der Waals surface area contributed by atoms with Gasteiger partial charge in [0, 0.05) is 5.75 Å². The molecule has 0 fully saturated rings. The summed E-state index contributed by atoms with van der Waals surface area (Å²) in [5, 5.41) is 20.7.